The fourth-order valence-electron chi connectivity index (χ4n) is 2.05. The van der Waals surface area contributed by atoms with Gasteiger partial charge in [0.1, 0.15) is 0 Å². The molecule has 2 N–H and O–H groups in total. The molecule has 1 aliphatic rings. The van der Waals surface area contributed by atoms with E-state index >= 15 is 0 Å². The van der Waals surface area contributed by atoms with E-state index in [2.05, 4.69) is 0 Å². The van der Waals surface area contributed by atoms with Crippen molar-refractivity contribution in [2.45, 2.75) is 31.8 Å². The Bertz CT molecular complexity index is 493. The van der Waals surface area contributed by atoms with Crippen LogP contribution in [0, 0.1) is 0 Å². The number of esters is 1. The summed E-state index contributed by atoms with van der Waals surface area (Å²) in [5.74, 6) is -0.526. The Morgan fingerprint density at radius 3 is 2.63 bits per heavy atom. The predicted molar refractivity (Wildman–Crippen MR) is 71.0 cm³/mol. The van der Waals surface area contributed by atoms with Gasteiger partial charge in [-0.05, 0) is 24.8 Å². The fraction of sp³-hybridized carbons (Fsp3) is 0.333. The normalized spacial score (nSPS) is 19.9. The minimum atomic E-state index is -0.280. The third kappa shape index (κ3) is 3.44. The van der Waals surface area contributed by atoms with E-state index in [-0.39, 0.29) is 18.0 Å². The molecule has 0 saturated carbocycles. The lowest BCUT2D eigenvalue weighted by molar-refractivity contribution is -0.156. The van der Waals surface area contributed by atoms with E-state index in [9.17, 15) is 9.59 Å². The summed E-state index contributed by atoms with van der Waals surface area (Å²) < 4.78 is 5.15. The molecule has 1 aromatic rings. The smallest absolute Gasteiger partial charge is 0.338 e. The van der Waals surface area contributed by atoms with Crippen molar-refractivity contribution in [2.75, 3.05) is 0 Å². The number of carbonyl (C=O) groups is 2. The molecule has 100 valence electrons. The number of cyclic esters (lactones) is 1. The minimum Gasteiger partial charge on any atom is -0.449 e. The highest BCUT2D eigenvalue weighted by Gasteiger charge is 2.36. The van der Waals surface area contributed by atoms with Crippen molar-refractivity contribution < 1.29 is 14.3 Å². The number of amides is 1. The number of hydrogen-bond donors (Lipinski definition) is 1. The van der Waals surface area contributed by atoms with E-state index in [0.29, 0.717) is 12.0 Å². The van der Waals surface area contributed by atoms with Gasteiger partial charge in [-0.3, -0.25) is 4.79 Å². The number of rotatable bonds is 6. The number of unbranched alkanes of at least 4 members (excludes halogenated alkanes) is 2. The van der Waals surface area contributed by atoms with Crippen molar-refractivity contribution in [3.05, 3.63) is 47.5 Å². The van der Waals surface area contributed by atoms with E-state index in [1.54, 1.807) is 0 Å². The molecule has 1 aromatic carbocycles. The SMILES string of the molecule is NC(=O)CCCC/C=C1\C(=O)OC1c1ccccc1. The molecule has 1 atom stereocenters. The average Bonchev–Trinajstić information content (AvgIpc) is 2.40. The maximum absolute atomic E-state index is 11.4. The second kappa shape index (κ2) is 6.18. The van der Waals surface area contributed by atoms with Crippen molar-refractivity contribution in [3.63, 3.8) is 0 Å². The molecule has 1 saturated heterocycles. The van der Waals surface area contributed by atoms with Crippen molar-refractivity contribution in [2.24, 2.45) is 5.73 Å². The maximum atomic E-state index is 11.4. The molecular formula is C15H17NO3. The van der Waals surface area contributed by atoms with Crippen molar-refractivity contribution in [1.29, 1.82) is 0 Å². The molecule has 1 unspecified atom stereocenters. The van der Waals surface area contributed by atoms with Crippen LogP contribution in [0.15, 0.2) is 42.0 Å². The van der Waals surface area contributed by atoms with Crippen molar-refractivity contribution >= 4 is 11.9 Å². The Morgan fingerprint density at radius 2 is 2.00 bits per heavy atom. The van der Waals surface area contributed by atoms with Gasteiger partial charge in [0.15, 0.2) is 6.10 Å². The second-order valence-corrected chi connectivity index (χ2v) is 4.57. The molecule has 19 heavy (non-hydrogen) atoms. The molecular weight excluding hydrogens is 242 g/mol. The first-order valence-corrected chi connectivity index (χ1v) is 6.43. The molecule has 2 rings (SSSR count). The summed E-state index contributed by atoms with van der Waals surface area (Å²) in [6, 6.07) is 9.66. The van der Waals surface area contributed by atoms with Crippen LogP contribution in [0.3, 0.4) is 0 Å². The first kappa shape index (κ1) is 13.3. The van der Waals surface area contributed by atoms with E-state index in [1.165, 1.54) is 0 Å². The van der Waals surface area contributed by atoms with Gasteiger partial charge >= 0.3 is 5.97 Å². The lowest BCUT2D eigenvalue weighted by Crippen LogP contribution is -2.29. The van der Waals surface area contributed by atoms with E-state index in [0.717, 1.165) is 24.8 Å². The first-order valence-electron chi connectivity index (χ1n) is 6.43. The highest BCUT2D eigenvalue weighted by Crippen LogP contribution is 2.36. The molecule has 0 bridgehead atoms. The van der Waals surface area contributed by atoms with Gasteiger partial charge in [0.2, 0.25) is 5.91 Å². The summed E-state index contributed by atoms with van der Waals surface area (Å²) in [5, 5.41) is 0. The molecule has 1 fully saturated rings. The number of allylic oxidation sites excluding steroid dienone is 1. The van der Waals surface area contributed by atoms with E-state index < -0.39 is 0 Å². The standard InChI is InChI=1S/C15H17NO3/c16-13(17)10-6-2-5-9-12-14(19-15(12)18)11-7-3-1-4-8-11/h1,3-4,7-9,14H,2,5-6,10H2,(H2,16,17)/b12-9-. The Hall–Kier alpha value is -2.10. The largest absolute Gasteiger partial charge is 0.449 e. The summed E-state index contributed by atoms with van der Waals surface area (Å²) in [4.78, 5) is 22.0. The molecule has 4 heteroatoms. The number of carbonyl (C=O) groups excluding carboxylic acids is 2. The molecule has 0 aromatic heterocycles. The molecule has 4 nitrogen and oxygen atoms in total. The monoisotopic (exact) mass is 259 g/mol. The fourth-order valence-corrected chi connectivity index (χ4v) is 2.05. The molecule has 0 spiro atoms. The minimum absolute atomic E-state index is 0.232. The van der Waals surface area contributed by atoms with E-state index in [4.69, 9.17) is 10.5 Å². The van der Waals surface area contributed by atoms with Crippen LogP contribution in [-0.2, 0) is 14.3 Å². The maximum Gasteiger partial charge on any atom is 0.338 e. The molecule has 1 aliphatic heterocycles. The zero-order chi connectivity index (χ0) is 13.7. The number of primary amides is 1. The Balaban J connectivity index is 1.87. The summed E-state index contributed by atoms with van der Waals surface area (Å²) in [6.07, 6.45) is 4.44. The second-order valence-electron chi connectivity index (χ2n) is 4.57. The third-order valence-corrected chi connectivity index (χ3v) is 3.09. The number of nitrogens with two attached hydrogens (primary N) is 1. The molecule has 1 heterocycles. The van der Waals surface area contributed by atoms with Crippen LogP contribution in [-0.4, -0.2) is 11.9 Å². The van der Waals surface area contributed by atoms with Crippen LogP contribution in [0.4, 0.5) is 0 Å². The molecule has 0 aliphatic carbocycles. The predicted octanol–water partition coefficient (Wildman–Crippen LogP) is 2.26. The van der Waals surface area contributed by atoms with Crippen LogP contribution >= 0.6 is 0 Å². The van der Waals surface area contributed by atoms with Gasteiger partial charge in [-0.1, -0.05) is 36.4 Å². The van der Waals surface area contributed by atoms with Crippen molar-refractivity contribution in [3.8, 4) is 0 Å². The zero-order valence-corrected chi connectivity index (χ0v) is 10.7. The number of ether oxygens (including phenoxy) is 1. The Labute approximate surface area is 112 Å². The summed E-state index contributed by atoms with van der Waals surface area (Å²) in [5.41, 5.74) is 6.77. The number of benzene rings is 1. The Kier molecular flexibility index (Phi) is 4.34. The summed E-state index contributed by atoms with van der Waals surface area (Å²) in [6.45, 7) is 0. The van der Waals surface area contributed by atoms with Crippen LogP contribution < -0.4 is 5.73 Å². The van der Waals surface area contributed by atoms with Gasteiger partial charge in [-0.2, -0.15) is 0 Å². The molecule has 1 amide bonds. The van der Waals surface area contributed by atoms with Gasteiger partial charge in [0.25, 0.3) is 0 Å². The van der Waals surface area contributed by atoms with E-state index in [1.807, 2.05) is 36.4 Å². The highest BCUT2D eigenvalue weighted by atomic mass is 16.6. The van der Waals surface area contributed by atoms with Crippen molar-refractivity contribution in [1.82, 2.24) is 0 Å². The highest BCUT2D eigenvalue weighted by molar-refractivity contribution is 5.95. The van der Waals surface area contributed by atoms with Crippen LogP contribution in [0.5, 0.6) is 0 Å². The zero-order valence-electron chi connectivity index (χ0n) is 10.7. The lowest BCUT2D eigenvalue weighted by atomic mass is 9.95. The van der Waals surface area contributed by atoms with Gasteiger partial charge in [-0.25, -0.2) is 4.79 Å². The summed E-state index contributed by atoms with van der Waals surface area (Å²) >= 11 is 0. The lowest BCUT2D eigenvalue weighted by Gasteiger charge is -2.29. The molecule has 0 radical (unpaired) electrons. The summed E-state index contributed by atoms with van der Waals surface area (Å²) in [7, 11) is 0. The quantitative estimate of drug-likeness (QED) is 0.484. The van der Waals surface area contributed by atoms with Crippen LogP contribution in [0.25, 0.3) is 0 Å². The first-order chi connectivity index (χ1) is 9.18. The van der Waals surface area contributed by atoms with Gasteiger partial charge in [-0.15, -0.1) is 0 Å². The van der Waals surface area contributed by atoms with Gasteiger partial charge < -0.3 is 10.5 Å². The number of hydrogen-bond acceptors (Lipinski definition) is 3. The van der Waals surface area contributed by atoms with Crippen LogP contribution in [0.2, 0.25) is 0 Å². The topological polar surface area (TPSA) is 69.4 Å². The third-order valence-electron chi connectivity index (χ3n) is 3.09. The Morgan fingerprint density at radius 1 is 1.26 bits per heavy atom. The average molecular weight is 259 g/mol. The van der Waals surface area contributed by atoms with Crippen LogP contribution in [0.1, 0.15) is 37.4 Å². The van der Waals surface area contributed by atoms with Gasteiger partial charge in [0, 0.05) is 6.42 Å². The van der Waals surface area contributed by atoms with Gasteiger partial charge in [0.05, 0.1) is 5.57 Å².